The lowest BCUT2D eigenvalue weighted by atomic mass is 10.2. The van der Waals surface area contributed by atoms with Crippen molar-refractivity contribution in [2.45, 2.75) is 13.8 Å². The van der Waals surface area contributed by atoms with E-state index in [0.29, 0.717) is 5.11 Å². The Hall–Kier alpha value is -2.53. The fraction of sp³-hybridized carbons (Fsp3) is 0.211. The molecule has 0 radical (unpaired) electrons. The number of nitrogens with zero attached hydrogens (tertiary/aromatic N) is 4. The van der Waals surface area contributed by atoms with Crippen LogP contribution in [0.5, 0.6) is 0 Å². The van der Waals surface area contributed by atoms with Crippen LogP contribution >= 0.6 is 12.2 Å². The van der Waals surface area contributed by atoms with Crippen LogP contribution in [0.2, 0.25) is 0 Å². The number of hydrazone groups is 2. The van der Waals surface area contributed by atoms with Gasteiger partial charge >= 0.3 is 0 Å². The number of hydrogen-bond donors (Lipinski definition) is 0. The van der Waals surface area contributed by atoms with Crippen LogP contribution in [-0.4, -0.2) is 41.7 Å². The lowest BCUT2D eigenvalue weighted by molar-refractivity contribution is 0.432. The van der Waals surface area contributed by atoms with E-state index in [0.717, 1.165) is 11.1 Å². The van der Waals surface area contributed by atoms with Gasteiger partial charge in [0.2, 0.25) is 5.11 Å². The van der Waals surface area contributed by atoms with E-state index < -0.39 is 0 Å². The molecule has 2 aromatic rings. The minimum atomic E-state index is 0.515. The van der Waals surface area contributed by atoms with Gasteiger partial charge in [0, 0.05) is 14.1 Å². The van der Waals surface area contributed by atoms with E-state index in [9.17, 15) is 0 Å². The maximum Gasteiger partial charge on any atom is 0.212 e. The van der Waals surface area contributed by atoms with Gasteiger partial charge in [-0.1, -0.05) is 59.7 Å². The molecule has 0 saturated heterocycles. The van der Waals surface area contributed by atoms with E-state index >= 15 is 0 Å². The standard InChI is InChI=1S/C19H22N4S/c1-15-5-9-17(10-6-15)13-20-22(3)19(24)23(4)21-14-18-11-7-16(2)8-12-18/h5-14H,1-4H3/b20-13+,21-14+. The summed E-state index contributed by atoms with van der Waals surface area (Å²) in [6.07, 6.45) is 3.56. The molecule has 4 nitrogen and oxygen atoms in total. The minimum Gasteiger partial charge on any atom is -0.242 e. The van der Waals surface area contributed by atoms with E-state index in [1.54, 1.807) is 22.4 Å². The number of hydrogen-bond acceptors (Lipinski definition) is 3. The number of rotatable bonds is 4. The number of thiocarbonyl (C=S) groups is 1. The Balaban J connectivity index is 1.96. The topological polar surface area (TPSA) is 31.2 Å². The molecule has 2 aromatic carbocycles. The first kappa shape index (κ1) is 17.8. The highest BCUT2D eigenvalue weighted by molar-refractivity contribution is 7.80. The molecule has 0 aliphatic rings. The minimum absolute atomic E-state index is 0.515. The first-order valence-corrected chi connectivity index (χ1v) is 8.09. The summed E-state index contributed by atoms with van der Waals surface area (Å²) < 4.78 is 0. The molecule has 0 fully saturated rings. The van der Waals surface area contributed by atoms with E-state index in [-0.39, 0.29) is 0 Å². The second kappa shape index (κ2) is 8.36. The second-order valence-corrected chi connectivity index (χ2v) is 6.01. The molecular formula is C19H22N4S. The quantitative estimate of drug-likeness (QED) is 0.482. The molecule has 0 unspecified atom stereocenters. The van der Waals surface area contributed by atoms with Gasteiger partial charge in [-0.2, -0.15) is 10.2 Å². The highest BCUT2D eigenvalue weighted by Gasteiger charge is 2.06. The molecule has 0 bridgehead atoms. The lowest BCUT2D eigenvalue weighted by Gasteiger charge is -2.20. The fourth-order valence-electron chi connectivity index (χ4n) is 1.92. The zero-order chi connectivity index (χ0) is 17.5. The van der Waals surface area contributed by atoms with Crippen LogP contribution in [-0.2, 0) is 0 Å². The molecule has 0 N–H and O–H groups in total. The van der Waals surface area contributed by atoms with Crippen LogP contribution in [0.4, 0.5) is 0 Å². The van der Waals surface area contributed by atoms with Crippen molar-refractivity contribution in [3.63, 3.8) is 0 Å². The second-order valence-electron chi connectivity index (χ2n) is 5.64. The molecule has 0 aromatic heterocycles. The summed E-state index contributed by atoms with van der Waals surface area (Å²) in [4.78, 5) is 0. The molecular weight excluding hydrogens is 316 g/mol. The molecule has 2 rings (SSSR count). The van der Waals surface area contributed by atoms with Gasteiger partial charge in [0.1, 0.15) is 0 Å². The van der Waals surface area contributed by atoms with Gasteiger partial charge in [0.25, 0.3) is 0 Å². The molecule has 0 aliphatic carbocycles. The van der Waals surface area contributed by atoms with Crippen molar-refractivity contribution in [1.82, 2.24) is 10.0 Å². The summed E-state index contributed by atoms with van der Waals surface area (Å²) in [5.74, 6) is 0. The van der Waals surface area contributed by atoms with Crippen molar-refractivity contribution in [2.75, 3.05) is 14.1 Å². The third-order valence-corrected chi connectivity index (χ3v) is 4.00. The predicted molar refractivity (Wildman–Crippen MR) is 106 cm³/mol. The van der Waals surface area contributed by atoms with Gasteiger partial charge in [-0.3, -0.25) is 0 Å². The molecule has 0 heterocycles. The van der Waals surface area contributed by atoms with E-state index in [1.807, 2.05) is 38.4 Å². The molecule has 0 spiro atoms. The van der Waals surface area contributed by atoms with Crippen LogP contribution in [0.15, 0.2) is 58.7 Å². The van der Waals surface area contributed by atoms with Crippen molar-refractivity contribution < 1.29 is 0 Å². The van der Waals surface area contributed by atoms with Gasteiger partial charge in [-0.15, -0.1) is 0 Å². The Morgan fingerprint density at radius 1 is 0.750 bits per heavy atom. The summed E-state index contributed by atoms with van der Waals surface area (Å²) in [6, 6.07) is 16.3. The Morgan fingerprint density at radius 3 is 1.42 bits per heavy atom. The molecule has 0 aliphatic heterocycles. The first-order chi connectivity index (χ1) is 11.5. The van der Waals surface area contributed by atoms with Crippen molar-refractivity contribution in [2.24, 2.45) is 10.2 Å². The van der Waals surface area contributed by atoms with E-state index in [4.69, 9.17) is 12.2 Å². The predicted octanol–water partition coefficient (Wildman–Crippen LogP) is 3.82. The zero-order valence-electron chi connectivity index (χ0n) is 14.5. The van der Waals surface area contributed by atoms with Crippen molar-refractivity contribution in [3.05, 3.63) is 70.8 Å². The summed E-state index contributed by atoms with van der Waals surface area (Å²) in [7, 11) is 3.62. The monoisotopic (exact) mass is 338 g/mol. The Labute approximate surface area is 149 Å². The summed E-state index contributed by atoms with van der Waals surface area (Å²) in [5.41, 5.74) is 4.50. The largest absolute Gasteiger partial charge is 0.242 e. The lowest BCUT2D eigenvalue weighted by Crippen LogP contribution is -2.32. The highest BCUT2D eigenvalue weighted by atomic mass is 32.1. The maximum atomic E-state index is 5.40. The van der Waals surface area contributed by atoms with E-state index in [2.05, 4.69) is 48.3 Å². The fourth-order valence-corrected chi connectivity index (χ4v) is 2.01. The highest BCUT2D eigenvalue weighted by Crippen LogP contribution is 2.03. The normalized spacial score (nSPS) is 11.2. The Kier molecular flexibility index (Phi) is 6.21. The average Bonchev–Trinajstić information content (AvgIpc) is 2.59. The van der Waals surface area contributed by atoms with Crippen molar-refractivity contribution in [3.8, 4) is 0 Å². The van der Waals surface area contributed by atoms with Crippen LogP contribution in [0, 0.1) is 13.8 Å². The van der Waals surface area contributed by atoms with Crippen LogP contribution in [0.1, 0.15) is 22.3 Å². The van der Waals surface area contributed by atoms with Gasteiger partial charge in [-0.05, 0) is 37.2 Å². The molecule has 0 amide bonds. The summed E-state index contributed by atoms with van der Waals surface area (Å²) >= 11 is 5.40. The number of aryl methyl sites for hydroxylation is 2. The maximum absolute atomic E-state index is 5.40. The third-order valence-electron chi connectivity index (χ3n) is 3.47. The molecule has 24 heavy (non-hydrogen) atoms. The SMILES string of the molecule is Cc1ccc(/C=N/N(C)C(=S)N(C)/N=C/c2ccc(C)cc2)cc1. The van der Waals surface area contributed by atoms with Gasteiger partial charge in [0.05, 0.1) is 12.4 Å². The molecule has 0 atom stereocenters. The third kappa shape index (κ3) is 5.28. The van der Waals surface area contributed by atoms with Gasteiger partial charge < -0.3 is 0 Å². The van der Waals surface area contributed by atoms with Gasteiger partial charge in [0.15, 0.2) is 0 Å². The Morgan fingerprint density at radius 2 is 1.08 bits per heavy atom. The average molecular weight is 338 g/mol. The molecule has 5 heteroatoms. The van der Waals surface area contributed by atoms with E-state index in [1.165, 1.54) is 11.1 Å². The van der Waals surface area contributed by atoms with Crippen molar-refractivity contribution >= 4 is 29.8 Å². The van der Waals surface area contributed by atoms with Gasteiger partial charge in [-0.25, -0.2) is 10.0 Å². The molecule has 124 valence electrons. The summed E-state index contributed by atoms with van der Waals surface area (Å²) in [6.45, 7) is 4.12. The van der Waals surface area contributed by atoms with Crippen LogP contribution < -0.4 is 0 Å². The number of benzene rings is 2. The molecule has 0 saturated carbocycles. The summed E-state index contributed by atoms with van der Waals surface area (Å²) in [5, 5.41) is 12.5. The smallest absolute Gasteiger partial charge is 0.212 e. The zero-order valence-corrected chi connectivity index (χ0v) is 15.3. The Bertz CT molecular complexity index is 669. The van der Waals surface area contributed by atoms with Crippen LogP contribution in [0.3, 0.4) is 0 Å². The first-order valence-electron chi connectivity index (χ1n) is 7.68. The van der Waals surface area contributed by atoms with Crippen LogP contribution in [0.25, 0.3) is 0 Å². The van der Waals surface area contributed by atoms with Crippen molar-refractivity contribution in [1.29, 1.82) is 0 Å².